The number of rotatable bonds is 3. The molecule has 2 N–H and O–H groups in total. The van der Waals surface area contributed by atoms with E-state index in [0.29, 0.717) is 5.56 Å². The number of aromatic amines is 1. The Hall–Kier alpha value is -2.14. The van der Waals surface area contributed by atoms with Crippen molar-refractivity contribution in [2.75, 3.05) is 0 Å². The molecule has 0 aliphatic heterocycles. The molecular weight excluding hydrogens is 282 g/mol. The van der Waals surface area contributed by atoms with Gasteiger partial charge >= 0.3 is 0 Å². The summed E-state index contributed by atoms with van der Waals surface area (Å²) >= 11 is 1.55. The van der Waals surface area contributed by atoms with Crippen LogP contribution in [0, 0.1) is 13.8 Å². The Morgan fingerprint density at radius 1 is 1.38 bits per heavy atom. The van der Waals surface area contributed by atoms with Crippen LogP contribution in [0.5, 0.6) is 0 Å². The maximum absolute atomic E-state index is 12.4. The lowest BCUT2D eigenvalue weighted by Crippen LogP contribution is -2.26. The third-order valence-electron chi connectivity index (χ3n) is 3.74. The topological polar surface area (TPSA) is 57.8 Å². The first-order valence-electron chi connectivity index (χ1n) is 6.85. The summed E-state index contributed by atoms with van der Waals surface area (Å²) in [7, 11) is 0. The molecule has 4 nitrogen and oxygen atoms in total. The maximum Gasteiger partial charge on any atom is 0.251 e. The van der Waals surface area contributed by atoms with E-state index in [1.54, 1.807) is 17.5 Å². The summed E-state index contributed by atoms with van der Waals surface area (Å²) in [6.45, 7) is 6.05. The number of nitrogens with zero attached hydrogens (tertiary/aromatic N) is 1. The number of nitrogens with one attached hydrogen (secondary N) is 2. The molecule has 2 aromatic heterocycles. The van der Waals surface area contributed by atoms with Gasteiger partial charge in [-0.3, -0.25) is 4.79 Å². The van der Waals surface area contributed by atoms with Crippen LogP contribution in [0.25, 0.3) is 10.9 Å². The molecule has 3 rings (SSSR count). The fraction of sp³-hybridized carbons (Fsp3) is 0.250. The molecule has 3 aromatic rings. The zero-order chi connectivity index (χ0) is 15.0. The first-order chi connectivity index (χ1) is 10.1. The third kappa shape index (κ3) is 2.56. The summed E-state index contributed by atoms with van der Waals surface area (Å²) in [6.07, 6.45) is 1.75. The van der Waals surface area contributed by atoms with E-state index in [0.717, 1.165) is 21.6 Å². The average Bonchev–Trinajstić information content (AvgIpc) is 3.08. The first-order valence-corrected chi connectivity index (χ1v) is 7.73. The number of thiazole rings is 1. The molecular formula is C16H17N3OS. The van der Waals surface area contributed by atoms with Gasteiger partial charge in [0.2, 0.25) is 0 Å². The van der Waals surface area contributed by atoms with Crippen molar-refractivity contribution in [3.63, 3.8) is 0 Å². The number of aryl methyl sites for hydroxylation is 2. The van der Waals surface area contributed by atoms with Crippen LogP contribution in [0.15, 0.2) is 29.8 Å². The van der Waals surface area contributed by atoms with E-state index < -0.39 is 0 Å². The summed E-state index contributed by atoms with van der Waals surface area (Å²) < 4.78 is 0. The highest BCUT2D eigenvalue weighted by atomic mass is 32.1. The minimum absolute atomic E-state index is 0.0714. The zero-order valence-electron chi connectivity index (χ0n) is 12.2. The number of hydrogen-bond donors (Lipinski definition) is 2. The number of amides is 1. The van der Waals surface area contributed by atoms with Gasteiger partial charge in [-0.05, 0) is 44.5 Å². The summed E-state index contributed by atoms with van der Waals surface area (Å²) in [5.74, 6) is -0.0714. The molecule has 0 radical (unpaired) electrons. The summed E-state index contributed by atoms with van der Waals surface area (Å²) in [6, 6.07) is 5.67. The highest BCUT2D eigenvalue weighted by Gasteiger charge is 2.14. The van der Waals surface area contributed by atoms with E-state index in [-0.39, 0.29) is 11.9 Å². The van der Waals surface area contributed by atoms with Crippen LogP contribution in [0.3, 0.4) is 0 Å². The second-order valence-electron chi connectivity index (χ2n) is 5.20. The van der Waals surface area contributed by atoms with Crippen LogP contribution in [-0.4, -0.2) is 15.9 Å². The quantitative estimate of drug-likeness (QED) is 0.774. The lowest BCUT2D eigenvalue weighted by atomic mass is 10.1. The molecule has 0 bridgehead atoms. The van der Waals surface area contributed by atoms with Crippen molar-refractivity contribution in [1.29, 1.82) is 0 Å². The van der Waals surface area contributed by atoms with Gasteiger partial charge in [0.15, 0.2) is 0 Å². The second-order valence-corrected chi connectivity index (χ2v) is 6.13. The van der Waals surface area contributed by atoms with Gasteiger partial charge in [-0.1, -0.05) is 0 Å². The molecule has 0 saturated heterocycles. The van der Waals surface area contributed by atoms with E-state index in [1.807, 2.05) is 37.4 Å². The number of fused-ring (bicyclic) bond motifs is 1. The highest BCUT2D eigenvalue weighted by molar-refractivity contribution is 7.09. The average molecular weight is 299 g/mol. The van der Waals surface area contributed by atoms with Crippen LogP contribution >= 0.6 is 11.3 Å². The van der Waals surface area contributed by atoms with Gasteiger partial charge in [-0.25, -0.2) is 4.98 Å². The van der Waals surface area contributed by atoms with E-state index in [9.17, 15) is 4.79 Å². The minimum Gasteiger partial charge on any atom is -0.358 e. The fourth-order valence-electron chi connectivity index (χ4n) is 2.39. The molecule has 1 amide bonds. The van der Waals surface area contributed by atoms with Gasteiger partial charge in [-0.15, -0.1) is 11.3 Å². The predicted molar refractivity (Wildman–Crippen MR) is 85.8 cm³/mol. The zero-order valence-corrected chi connectivity index (χ0v) is 13.0. The van der Waals surface area contributed by atoms with Crippen molar-refractivity contribution in [3.05, 3.63) is 51.6 Å². The van der Waals surface area contributed by atoms with Crippen LogP contribution in [0.2, 0.25) is 0 Å². The molecule has 0 fully saturated rings. The van der Waals surface area contributed by atoms with Crippen molar-refractivity contribution in [1.82, 2.24) is 15.3 Å². The smallest absolute Gasteiger partial charge is 0.251 e. The monoisotopic (exact) mass is 299 g/mol. The fourth-order valence-corrected chi connectivity index (χ4v) is 3.04. The number of benzene rings is 1. The first kappa shape index (κ1) is 13.8. The number of hydrogen-bond acceptors (Lipinski definition) is 3. The standard InChI is InChI=1S/C16H17N3OS/c1-9-10(2)18-14-5-4-12(8-13(9)14)15(20)19-11(3)16-17-6-7-21-16/h4-8,11,18H,1-3H3,(H,19,20). The minimum atomic E-state index is -0.0812. The Kier molecular flexibility index (Phi) is 3.51. The molecule has 108 valence electrons. The van der Waals surface area contributed by atoms with E-state index in [1.165, 1.54) is 5.56 Å². The van der Waals surface area contributed by atoms with Crippen LogP contribution in [0.4, 0.5) is 0 Å². The Morgan fingerprint density at radius 2 is 2.19 bits per heavy atom. The summed E-state index contributed by atoms with van der Waals surface area (Å²) in [5, 5.41) is 6.92. The van der Waals surface area contributed by atoms with Crippen LogP contribution in [0.1, 0.15) is 39.6 Å². The lowest BCUT2D eigenvalue weighted by Gasteiger charge is -2.11. The Bertz CT molecular complexity index is 789. The van der Waals surface area contributed by atoms with Crippen molar-refractivity contribution in [3.8, 4) is 0 Å². The maximum atomic E-state index is 12.4. The Labute approximate surface area is 127 Å². The predicted octanol–water partition coefficient (Wildman–Crippen LogP) is 3.73. The van der Waals surface area contributed by atoms with Crippen LogP contribution < -0.4 is 5.32 Å². The lowest BCUT2D eigenvalue weighted by molar-refractivity contribution is 0.0940. The van der Waals surface area contributed by atoms with Gasteiger partial charge in [-0.2, -0.15) is 0 Å². The van der Waals surface area contributed by atoms with Gasteiger partial charge in [0, 0.05) is 33.7 Å². The molecule has 0 aliphatic carbocycles. The Morgan fingerprint density at radius 3 is 2.90 bits per heavy atom. The SMILES string of the molecule is Cc1[nH]c2ccc(C(=O)NC(C)c3nccs3)cc2c1C. The molecule has 1 aromatic carbocycles. The molecule has 2 heterocycles. The summed E-state index contributed by atoms with van der Waals surface area (Å²) in [5.41, 5.74) is 4.06. The molecule has 0 saturated carbocycles. The number of H-pyrrole nitrogens is 1. The van der Waals surface area contributed by atoms with E-state index >= 15 is 0 Å². The van der Waals surface area contributed by atoms with Crippen molar-refractivity contribution in [2.24, 2.45) is 0 Å². The van der Waals surface area contributed by atoms with Gasteiger partial charge < -0.3 is 10.3 Å². The molecule has 5 heteroatoms. The number of aromatic nitrogens is 2. The van der Waals surface area contributed by atoms with E-state index in [2.05, 4.69) is 22.2 Å². The number of carbonyl (C=O) groups excluding carboxylic acids is 1. The largest absolute Gasteiger partial charge is 0.358 e. The Balaban J connectivity index is 1.86. The second kappa shape index (κ2) is 5.33. The molecule has 0 spiro atoms. The van der Waals surface area contributed by atoms with Crippen molar-refractivity contribution < 1.29 is 4.79 Å². The molecule has 0 aliphatic rings. The van der Waals surface area contributed by atoms with Crippen molar-refractivity contribution >= 4 is 28.1 Å². The number of carbonyl (C=O) groups is 1. The summed E-state index contributed by atoms with van der Waals surface area (Å²) in [4.78, 5) is 19.9. The van der Waals surface area contributed by atoms with Gasteiger partial charge in [0.05, 0.1) is 6.04 Å². The van der Waals surface area contributed by atoms with Crippen molar-refractivity contribution in [2.45, 2.75) is 26.8 Å². The van der Waals surface area contributed by atoms with E-state index in [4.69, 9.17) is 0 Å². The molecule has 21 heavy (non-hydrogen) atoms. The normalized spacial score (nSPS) is 12.5. The molecule has 1 atom stereocenters. The highest BCUT2D eigenvalue weighted by Crippen LogP contribution is 2.23. The molecule has 1 unspecified atom stereocenters. The van der Waals surface area contributed by atoms with Gasteiger partial charge in [0.1, 0.15) is 5.01 Å². The van der Waals surface area contributed by atoms with Gasteiger partial charge in [0.25, 0.3) is 5.91 Å². The van der Waals surface area contributed by atoms with Crippen LogP contribution in [-0.2, 0) is 0 Å². The third-order valence-corrected chi connectivity index (χ3v) is 4.70.